The first-order chi connectivity index (χ1) is 9.15. The summed E-state index contributed by atoms with van der Waals surface area (Å²) in [5.74, 6) is 0.0221. The Bertz CT molecular complexity index is 536. The summed E-state index contributed by atoms with van der Waals surface area (Å²) in [4.78, 5) is 12.9. The summed E-state index contributed by atoms with van der Waals surface area (Å²) in [6, 6.07) is 14.2. The third-order valence-electron chi connectivity index (χ3n) is 3.16. The Morgan fingerprint density at radius 2 is 1.95 bits per heavy atom. The summed E-state index contributed by atoms with van der Waals surface area (Å²) in [5, 5.41) is 10.8. The van der Waals surface area contributed by atoms with Gasteiger partial charge < -0.3 is 0 Å². The summed E-state index contributed by atoms with van der Waals surface area (Å²) in [6.07, 6.45) is 1.71. The van der Waals surface area contributed by atoms with Crippen LogP contribution < -0.4 is 0 Å². The number of aryl methyl sites for hydroxylation is 2. The van der Waals surface area contributed by atoms with Crippen molar-refractivity contribution >= 4 is 11.3 Å². The van der Waals surface area contributed by atoms with Gasteiger partial charge in [0.15, 0.2) is 0 Å². The molecule has 1 aromatic heterocycles. The second kappa shape index (κ2) is 6.48. The zero-order valence-corrected chi connectivity index (χ0v) is 11.7. The lowest BCUT2D eigenvalue weighted by molar-refractivity contribution is -0.483. The van der Waals surface area contributed by atoms with Crippen LogP contribution in [0, 0.1) is 17.0 Å². The lowest BCUT2D eigenvalue weighted by atomic mass is 9.98. The SMILES string of the molecule is Cc1ccc(C(CCc2ccccc2)C[N+](=O)[O-])s1. The van der Waals surface area contributed by atoms with E-state index in [4.69, 9.17) is 0 Å². The molecule has 0 aliphatic carbocycles. The number of hydrogen-bond donors (Lipinski definition) is 0. The van der Waals surface area contributed by atoms with Crippen molar-refractivity contribution in [2.45, 2.75) is 25.7 Å². The molecule has 0 spiro atoms. The maximum Gasteiger partial charge on any atom is 0.211 e. The van der Waals surface area contributed by atoms with E-state index in [0.29, 0.717) is 0 Å². The molecule has 0 radical (unpaired) electrons. The summed E-state index contributed by atoms with van der Waals surface area (Å²) >= 11 is 1.67. The van der Waals surface area contributed by atoms with Crippen LogP contribution in [0.25, 0.3) is 0 Å². The first-order valence-electron chi connectivity index (χ1n) is 6.37. The monoisotopic (exact) mass is 275 g/mol. The largest absolute Gasteiger partial charge is 0.265 e. The zero-order valence-electron chi connectivity index (χ0n) is 10.9. The second-order valence-electron chi connectivity index (χ2n) is 4.68. The van der Waals surface area contributed by atoms with E-state index in [1.54, 1.807) is 11.3 Å². The third-order valence-corrected chi connectivity index (χ3v) is 4.32. The van der Waals surface area contributed by atoms with Crippen LogP contribution in [0.1, 0.15) is 27.7 Å². The maximum absolute atomic E-state index is 10.8. The van der Waals surface area contributed by atoms with Gasteiger partial charge in [-0.2, -0.15) is 0 Å². The highest BCUT2D eigenvalue weighted by molar-refractivity contribution is 7.12. The Labute approximate surface area is 117 Å². The van der Waals surface area contributed by atoms with E-state index >= 15 is 0 Å². The molecule has 4 heteroatoms. The van der Waals surface area contributed by atoms with Crippen molar-refractivity contribution in [2.24, 2.45) is 0 Å². The molecule has 0 fully saturated rings. The van der Waals surface area contributed by atoms with Gasteiger partial charge in [-0.15, -0.1) is 11.3 Å². The van der Waals surface area contributed by atoms with Gasteiger partial charge in [-0.25, -0.2) is 0 Å². The molecule has 1 unspecified atom stereocenters. The summed E-state index contributed by atoms with van der Waals surface area (Å²) in [7, 11) is 0. The van der Waals surface area contributed by atoms with E-state index in [2.05, 4.69) is 12.1 Å². The molecule has 1 aromatic carbocycles. The molecule has 1 atom stereocenters. The van der Waals surface area contributed by atoms with Gasteiger partial charge in [-0.3, -0.25) is 10.1 Å². The molecule has 19 heavy (non-hydrogen) atoms. The first kappa shape index (κ1) is 13.7. The molecule has 2 aromatic rings. The first-order valence-corrected chi connectivity index (χ1v) is 7.19. The van der Waals surface area contributed by atoms with E-state index in [9.17, 15) is 10.1 Å². The van der Waals surface area contributed by atoms with Gasteiger partial charge in [-0.05, 0) is 37.5 Å². The van der Waals surface area contributed by atoms with E-state index in [0.717, 1.165) is 17.7 Å². The highest BCUT2D eigenvalue weighted by atomic mass is 32.1. The molecule has 3 nitrogen and oxygen atoms in total. The molecule has 0 saturated heterocycles. The molecule has 0 bridgehead atoms. The number of thiophene rings is 1. The number of benzene rings is 1. The van der Waals surface area contributed by atoms with Gasteiger partial charge in [0.25, 0.3) is 0 Å². The number of nitrogens with zero attached hydrogens (tertiary/aromatic N) is 1. The number of nitro groups is 1. The van der Waals surface area contributed by atoms with Crippen LogP contribution in [0.15, 0.2) is 42.5 Å². The highest BCUT2D eigenvalue weighted by Crippen LogP contribution is 2.28. The molecule has 100 valence electrons. The summed E-state index contributed by atoms with van der Waals surface area (Å²) in [6.45, 7) is 2.06. The van der Waals surface area contributed by atoms with Gasteiger partial charge in [0.1, 0.15) is 0 Å². The average molecular weight is 275 g/mol. The molecule has 2 rings (SSSR count). The van der Waals surface area contributed by atoms with E-state index in [1.807, 2.05) is 37.3 Å². The van der Waals surface area contributed by atoms with Crippen molar-refractivity contribution in [3.05, 3.63) is 67.9 Å². The van der Waals surface area contributed by atoms with Crippen molar-refractivity contribution < 1.29 is 4.92 Å². The fourth-order valence-corrected chi connectivity index (χ4v) is 3.16. The van der Waals surface area contributed by atoms with Gasteiger partial charge >= 0.3 is 0 Å². The Morgan fingerprint density at radius 1 is 1.21 bits per heavy atom. The van der Waals surface area contributed by atoms with Crippen molar-refractivity contribution in [3.63, 3.8) is 0 Å². The summed E-state index contributed by atoms with van der Waals surface area (Å²) < 4.78 is 0. The predicted molar refractivity (Wildman–Crippen MR) is 78.4 cm³/mol. The Morgan fingerprint density at radius 3 is 2.53 bits per heavy atom. The van der Waals surface area contributed by atoms with Crippen LogP contribution in [0.4, 0.5) is 0 Å². The highest BCUT2D eigenvalue weighted by Gasteiger charge is 2.19. The maximum atomic E-state index is 10.8. The van der Waals surface area contributed by atoms with Crippen molar-refractivity contribution in [3.8, 4) is 0 Å². The predicted octanol–water partition coefficient (Wildman–Crippen LogP) is 4.05. The lowest BCUT2D eigenvalue weighted by Gasteiger charge is -2.11. The molecule has 0 amide bonds. The fraction of sp³-hybridized carbons (Fsp3) is 0.333. The van der Waals surface area contributed by atoms with E-state index in [1.165, 1.54) is 10.4 Å². The van der Waals surface area contributed by atoms with Crippen molar-refractivity contribution in [1.29, 1.82) is 0 Å². The number of hydrogen-bond acceptors (Lipinski definition) is 3. The molecule has 0 saturated carbocycles. The average Bonchev–Trinajstić information content (AvgIpc) is 2.82. The third kappa shape index (κ3) is 4.17. The van der Waals surface area contributed by atoms with Gasteiger partial charge in [0.05, 0.1) is 5.92 Å². The van der Waals surface area contributed by atoms with Crippen LogP contribution in [0.5, 0.6) is 0 Å². The van der Waals surface area contributed by atoms with E-state index in [-0.39, 0.29) is 17.4 Å². The van der Waals surface area contributed by atoms with Crippen LogP contribution in [-0.4, -0.2) is 11.5 Å². The standard InChI is InChI=1S/C15H17NO2S/c1-12-7-10-15(19-12)14(11-16(17)18)9-8-13-5-3-2-4-6-13/h2-7,10,14H,8-9,11H2,1H3. The smallest absolute Gasteiger partial charge is 0.211 e. The fourth-order valence-electron chi connectivity index (χ4n) is 2.16. The van der Waals surface area contributed by atoms with Gasteiger partial charge in [0, 0.05) is 14.7 Å². The minimum absolute atomic E-state index is 0.0206. The van der Waals surface area contributed by atoms with E-state index < -0.39 is 0 Å². The van der Waals surface area contributed by atoms with Crippen LogP contribution in [0.2, 0.25) is 0 Å². The second-order valence-corrected chi connectivity index (χ2v) is 6.00. The molecule has 1 heterocycles. The molecule has 0 aliphatic heterocycles. The number of rotatable bonds is 6. The van der Waals surface area contributed by atoms with Gasteiger partial charge in [-0.1, -0.05) is 30.3 Å². The Kier molecular flexibility index (Phi) is 4.68. The van der Waals surface area contributed by atoms with Crippen LogP contribution in [-0.2, 0) is 6.42 Å². The lowest BCUT2D eigenvalue weighted by Crippen LogP contribution is -2.12. The molecule has 0 aliphatic rings. The van der Waals surface area contributed by atoms with Crippen molar-refractivity contribution in [1.82, 2.24) is 0 Å². The summed E-state index contributed by atoms with van der Waals surface area (Å²) in [5.41, 5.74) is 1.24. The topological polar surface area (TPSA) is 43.1 Å². The van der Waals surface area contributed by atoms with Crippen LogP contribution in [0.3, 0.4) is 0 Å². The molecular weight excluding hydrogens is 258 g/mol. The molecular formula is C15H17NO2S. The van der Waals surface area contributed by atoms with Crippen LogP contribution >= 0.6 is 11.3 Å². The normalized spacial score (nSPS) is 12.3. The van der Waals surface area contributed by atoms with Gasteiger partial charge in [0.2, 0.25) is 6.54 Å². The minimum Gasteiger partial charge on any atom is -0.265 e. The molecule has 0 N–H and O–H groups in total. The Hall–Kier alpha value is -1.68. The zero-order chi connectivity index (χ0) is 13.7. The minimum atomic E-state index is -0.204. The Balaban J connectivity index is 2.04. The van der Waals surface area contributed by atoms with Crippen molar-refractivity contribution in [2.75, 3.05) is 6.54 Å². The quantitative estimate of drug-likeness (QED) is 0.589.